The average Bonchev–Trinajstić information content (AvgIpc) is 2.51. The lowest BCUT2D eigenvalue weighted by Crippen LogP contribution is -2.43. The first-order chi connectivity index (χ1) is 11.8. The normalized spacial score (nSPS) is 13.7. The highest BCUT2D eigenvalue weighted by molar-refractivity contribution is 7.89. The molecule has 146 valence electrons. The Morgan fingerprint density at radius 1 is 1.19 bits per heavy atom. The number of rotatable bonds is 6. The van der Waals surface area contributed by atoms with Crippen LogP contribution in [0.1, 0.15) is 46.1 Å². The molecule has 0 saturated heterocycles. The fourth-order valence-corrected chi connectivity index (χ4v) is 4.26. The molecule has 0 amide bonds. The summed E-state index contributed by atoms with van der Waals surface area (Å²) in [5.74, 6) is 3.05. The van der Waals surface area contributed by atoms with Gasteiger partial charge in [-0.25, -0.2) is 12.7 Å². The molecule has 0 spiro atoms. The second kappa shape index (κ2) is 8.60. The monoisotopic (exact) mass is 395 g/mol. The number of sulfonamides is 1. The fraction of sp³-hybridized carbons (Fsp3) is 0.600. The van der Waals surface area contributed by atoms with Crippen molar-refractivity contribution in [2.45, 2.75) is 76.6 Å². The van der Waals surface area contributed by atoms with Crippen molar-refractivity contribution in [3.05, 3.63) is 29.8 Å². The van der Waals surface area contributed by atoms with Gasteiger partial charge < -0.3 is 4.43 Å². The van der Waals surface area contributed by atoms with Crippen LogP contribution in [0.15, 0.2) is 29.2 Å². The third-order valence-corrected chi connectivity index (χ3v) is 11.0. The Morgan fingerprint density at radius 3 is 2.19 bits per heavy atom. The highest BCUT2D eigenvalue weighted by Crippen LogP contribution is 2.37. The Balaban J connectivity index is 3.03. The number of hydrogen-bond donors (Lipinski definition) is 0. The van der Waals surface area contributed by atoms with Crippen molar-refractivity contribution in [2.75, 3.05) is 7.05 Å². The Morgan fingerprint density at radius 2 is 1.73 bits per heavy atom. The summed E-state index contributed by atoms with van der Waals surface area (Å²) < 4.78 is 32.8. The van der Waals surface area contributed by atoms with E-state index in [4.69, 9.17) is 4.43 Å². The van der Waals surface area contributed by atoms with Crippen LogP contribution in [-0.4, -0.2) is 34.2 Å². The molecule has 0 fully saturated rings. The molecule has 26 heavy (non-hydrogen) atoms. The highest BCUT2D eigenvalue weighted by Gasteiger charge is 2.38. The molecular weight excluding hydrogens is 362 g/mol. The van der Waals surface area contributed by atoms with Gasteiger partial charge in [-0.15, -0.1) is 0 Å². The van der Waals surface area contributed by atoms with Gasteiger partial charge in [-0.05, 0) is 49.5 Å². The molecule has 0 heterocycles. The SMILES string of the molecule is CCCC(C#CN(C)S(=O)(=O)c1ccc(C)cc1)O[Si](C)(C)C(C)(C)C. The van der Waals surface area contributed by atoms with Gasteiger partial charge in [0.2, 0.25) is 0 Å². The molecule has 0 saturated carbocycles. The van der Waals surface area contributed by atoms with Crippen LogP contribution < -0.4 is 0 Å². The first-order valence-electron chi connectivity index (χ1n) is 9.06. The Bertz CT molecular complexity index is 753. The molecule has 1 rings (SSSR count). The molecule has 0 aliphatic heterocycles. The molecule has 1 atom stereocenters. The minimum absolute atomic E-state index is 0.0839. The predicted molar refractivity (Wildman–Crippen MR) is 111 cm³/mol. The van der Waals surface area contributed by atoms with Crippen molar-refractivity contribution in [1.29, 1.82) is 0 Å². The molecule has 1 unspecified atom stereocenters. The van der Waals surface area contributed by atoms with Crippen LogP contribution in [0.4, 0.5) is 0 Å². The van der Waals surface area contributed by atoms with Crippen molar-refractivity contribution in [3.63, 3.8) is 0 Å². The lowest BCUT2D eigenvalue weighted by molar-refractivity contribution is 0.222. The highest BCUT2D eigenvalue weighted by atomic mass is 32.2. The van der Waals surface area contributed by atoms with Gasteiger partial charge in [0.15, 0.2) is 8.32 Å². The van der Waals surface area contributed by atoms with Crippen LogP contribution in [0, 0.1) is 18.9 Å². The maximum atomic E-state index is 12.6. The molecule has 0 aromatic heterocycles. The Labute approximate surface area is 161 Å². The largest absolute Gasteiger partial charge is 0.403 e. The standard InChI is InChI=1S/C20H33NO3SSi/c1-9-10-18(24-26(7,8)20(3,4)5)15-16-21(6)25(22,23)19-13-11-17(2)12-14-19/h11-14,18H,9-10H2,1-8H3. The lowest BCUT2D eigenvalue weighted by Gasteiger charge is -2.38. The van der Waals surface area contributed by atoms with E-state index in [1.807, 2.05) is 6.92 Å². The molecule has 1 aromatic rings. The maximum Gasteiger partial charge on any atom is 0.270 e. The number of nitrogens with zero attached hydrogens (tertiary/aromatic N) is 1. The van der Waals surface area contributed by atoms with E-state index in [0.717, 1.165) is 22.7 Å². The van der Waals surface area contributed by atoms with Crippen molar-refractivity contribution < 1.29 is 12.8 Å². The van der Waals surface area contributed by atoms with E-state index in [1.165, 1.54) is 7.05 Å². The van der Waals surface area contributed by atoms with Crippen LogP contribution in [0.3, 0.4) is 0 Å². The molecule has 6 heteroatoms. The van der Waals surface area contributed by atoms with Crippen LogP contribution in [0.2, 0.25) is 18.1 Å². The van der Waals surface area contributed by atoms with E-state index in [1.54, 1.807) is 24.3 Å². The molecule has 4 nitrogen and oxygen atoms in total. The third-order valence-electron chi connectivity index (χ3n) is 4.86. The zero-order valence-corrected chi connectivity index (χ0v) is 19.2. The molecule has 1 aromatic carbocycles. The summed E-state index contributed by atoms with van der Waals surface area (Å²) in [6, 6.07) is 9.58. The average molecular weight is 396 g/mol. The quantitative estimate of drug-likeness (QED) is 0.396. The van der Waals surface area contributed by atoms with Gasteiger partial charge in [-0.3, -0.25) is 0 Å². The van der Waals surface area contributed by atoms with E-state index in [0.29, 0.717) is 0 Å². The minimum atomic E-state index is -3.62. The number of aryl methyl sites for hydroxylation is 1. The topological polar surface area (TPSA) is 46.6 Å². The molecule has 0 radical (unpaired) electrons. The minimum Gasteiger partial charge on any atom is -0.403 e. The third kappa shape index (κ3) is 5.87. The second-order valence-electron chi connectivity index (χ2n) is 8.20. The first kappa shape index (κ1) is 22.7. The Kier molecular flexibility index (Phi) is 7.52. The smallest absolute Gasteiger partial charge is 0.270 e. The Hall–Kier alpha value is -1.29. The van der Waals surface area contributed by atoms with Gasteiger partial charge in [0.25, 0.3) is 10.0 Å². The maximum absolute atomic E-state index is 12.6. The summed E-state index contributed by atoms with van der Waals surface area (Å²) >= 11 is 0. The molecule has 0 bridgehead atoms. The van der Waals surface area contributed by atoms with Gasteiger partial charge in [0.05, 0.1) is 4.90 Å². The van der Waals surface area contributed by atoms with Crippen LogP contribution in [0.25, 0.3) is 0 Å². The van der Waals surface area contributed by atoms with Crippen LogP contribution in [0.5, 0.6) is 0 Å². The summed E-state index contributed by atoms with van der Waals surface area (Å²) in [6.07, 6.45) is 1.47. The van der Waals surface area contributed by atoms with Gasteiger partial charge in [-0.1, -0.05) is 51.8 Å². The van der Waals surface area contributed by atoms with Crippen molar-refractivity contribution in [2.24, 2.45) is 0 Å². The molecule has 0 N–H and O–H groups in total. The molecule has 0 aliphatic rings. The summed E-state index contributed by atoms with van der Waals surface area (Å²) in [7, 11) is -4.10. The van der Waals surface area contributed by atoms with Crippen LogP contribution >= 0.6 is 0 Å². The van der Waals surface area contributed by atoms with Gasteiger partial charge in [-0.2, -0.15) is 0 Å². The van der Waals surface area contributed by atoms with E-state index in [9.17, 15) is 8.42 Å². The number of benzene rings is 1. The summed E-state index contributed by atoms with van der Waals surface area (Å²) in [5.41, 5.74) is 1.02. The van der Waals surface area contributed by atoms with Gasteiger partial charge >= 0.3 is 0 Å². The molecular formula is C20H33NO3SSi. The second-order valence-corrected chi connectivity index (χ2v) is 14.9. The summed E-state index contributed by atoms with van der Waals surface area (Å²) in [4.78, 5) is 0.247. The van der Waals surface area contributed by atoms with Crippen molar-refractivity contribution >= 4 is 18.3 Å². The van der Waals surface area contributed by atoms with E-state index >= 15 is 0 Å². The van der Waals surface area contributed by atoms with E-state index < -0.39 is 18.3 Å². The summed E-state index contributed by atoms with van der Waals surface area (Å²) in [5, 5.41) is 0.0839. The zero-order chi connectivity index (χ0) is 20.2. The lowest BCUT2D eigenvalue weighted by atomic mass is 10.2. The number of hydrogen-bond acceptors (Lipinski definition) is 3. The zero-order valence-electron chi connectivity index (χ0n) is 17.4. The first-order valence-corrected chi connectivity index (χ1v) is 13.4. The fourth-order valence-electron chi connectivity index (χ4n) is 2.05. The van der Waals surface area contributed by atoms with Crippen molar-refractivity contribution in [3.8, 4) is 12.0 Å². The predicted octanol–water partition coefficient (Wildman–Crippen LogP) is 4.77. The van der Waals surface area contributed by atoms with Gasteiger partial charge in [0.1, 0.15) is 6.10 Å². The van der Waals surface area contributed by atoms with Gasteiger partial charge in [0, 0.05) is 13.1 Å². The van der Waals surface area contributed by atoms with E-state index in [-0.39, 0.29) is 16.0 Å². The molecule has 0 aliphatic carbocycles. The van der Waals surface area contributed by atoms with Crippen molar-refractivity contribution in [1.82, 2.24) is 4.31 Å². The summed E-state index contributed by atoms with van der Waals surface area (Å²) in [6.45, 7) is 14.9. The van der Waals surface area contributed by atoms with Crippen LogP contribution in [-0.2, 0) is 14.4 Å². The van der Waals surface area contributed by atoms with E-state index in [2.05, 4.69) is 52.8 Å².